The maximum Gasteiger partial charge on any atom is 0.307 e. The first-order valence-electron chi connectivity index (χ1n) is 5.23. The summed E-state index contributed by atoms with van der Waals surface area (Å²) in [5.41, 5.74) is 0. The normalized spacial score (nSPS) is 39.5. The van der Waals surface area contributed by atoms with E-state index in [1.165, 1.54) is 25.7 Å². The minimum Gasteiger partial charge on any atom is -0.481 e. The Kier molecular flexibility index (Phi) is 2.54. The van der Waals surface area contributed by atoms with Gasteiger partial charge in [0.2, 0.25) is 0 Å². The number of carboxylic acids is 1. The molecule has 2 fully saturated rings. The Morgan fingerprint density at radius 2 is 2.08 bits per heavy atom. The third kappa shape index (κ3) is 1.85. The molecule has 0 spiro atoms. The Hall–Kier alpha value is -0.570. The van der Waals surface area contributed by atoms with Gasteiger partial charge in [0.25, 0.3) is 0 Å². The van der Waals surface area contributed by atoms with Gasteiger partial charge in [-0.3, -0.25) is 4.79 Å². The molecule has 0 radical (unpaired) electrons. The summed E-state index contributed by atoms with van der Waals surface area (Å²) >= 11 is 0. The van der Waals surface area contributed by atoms with E-state index in [0.29, 0.717) is 18.5 Å². The van der Waals surface area contributed by atoms with Gasteiger partial charge in [0.15, 0.2) is 0 Å². The van der Waals surface area contributed by atoms with Crippen LogP contribution in [0.2, 0.25) is 0 Å². The molecular formula is C10H17NO2. The fourth-order valence-electron chi connectivity index (χ4n) is 2.69. The third-order valence-corrected chi connectivity index (χ3v) is 3.47. The van der Waals surface area contributed by atoms with Crippen molar-refractivity contribution in [1.82, 2.24) is 5.32 Å². The highest BCUT2D eigenvalue weighted by atomic mass is 16.4. The van der Waals surface area contributed by atoms with Crippen LogP contribution >= 0.6 is 0 Å². The van der Waals surface area contributed by atoms with Crippen molar-refractivity contribution in [3.05, 3.63) is 0 Å². The summed E-state index contributed by atoms with van der Waals surface area (Å²) < 4.78 is 0. The van der Waals surface area contributed by atoms with Crippen molar-refractivity contribution in [3.8, 4) is 0 Å². The van der Waals surface area contributed by atoms with Crippen molar-refractivity contribution in [3.63, 3.8) is 0 Å². The third-order valence-electron chi connectivity index (χ3n) is 3.47. The highest BCUT2D eigenvalue weighted by Gasteiger charge is 2.34. The molecule has 2 aliphatic rings. The molecule has 1 saturated heterocycles. The van der Waals surface area contributed by atoms with Gasteiger partial charge in [0.05, 0.1) is 5.92 Å². The van der Waals surface area contributed by atoms with Crippen molar-refractivity contribution >= 4 is 5.97 Å². The van der Waals surface area contributed by atoms with Crippen LogP contribution in [-0.4, -0.2) is 23.7 Å². The maximum absolute atomic E-state index is 10.8. The van der Waals surface area contributed by atoms with Crippen molar-refractivity contribution in [2.75, 3.05) is 6.54 Å². The van der Waals surface area contributed by atoms with Gasteiger partial charge in [-0.05, 0) is 25.2 Å². The number of fused-ring (bicyclic) bond motifs is 1. The van der Waals surface area contributed by atoms with Crippen molar-refractivity contribution in [2.24, 2.45) is 11.8 Å². The van der Waals surface area contributed by atoms with Crippen LogP contribution in [0.1, 0.15) is 32.1 Å². The standard InChI is InChI=1S/C10H17NO2/c12-10(13)8-5-7-3-1-2-4-9(7)11-6-8/h7-9,11H,1-6H2,(H,12,13)/t7?,8-,9?/m0/s1. The van der Waals surface area contributed by atoms with Gasteiger partial charge in [-0.15, -0.1) is 0 Å². The lowest BCUT2D eigenvalue weighted by atomic mass is 9.76. The minimum absolute atomic E-state index is 0.139. The molecular weight excluding hydrogens is 166 g/mol. The molecule has 0 aromatic carbocycles. The predicted octanol–water partition coefficient (Wildman–Crippen LogP) is 1.24. The number of hydrogen-bond acceptors (Lipinski definition) is 2. The lowest BCUT2D eigenvalue weighted by molar-refractivity contribution is -0.143. The molecule has 0 aromatic rings. The molecule has 0 aromatic heterocycles. The quantitative estimate of drug-likeness (QED) is 0.643. The minimum atomic E-state index is -0.628. The molecule has 1 heterocycles. The lowest BCUT2D eigenvalue weighted by Gasteiger charge is -2.38. The number of carboxylic acid groups (broad SMARTS) is 1. The van der Waals surface area contributed by atoms with E-state index in [9.17, 15) is 4.79 Å². The summed E-state index contributed by atoms with van der Waals surface area (Å²) in [6, 6.07) is 0.615. The highest BCUT2D eigenvalue weighted by Crippen LogP contribution is 2.32. The number of nitrogens with one attached hydrogen (secondary N) is 1. The van der Waals surface area contributed by atoms with Crippen LogP contribution in [0.3, 0.4) is 0 Å². The molecule has 2 unspecified atom stereocenters. The smallest absolute Gasteiger partial charge is 0.307 e. The van der Waals surface area contributed by atoms with Crippen molar-refractivity contribution < 1.29 is 9.90 Å². The van der Waals surface area contributed by atoms with E-state index in [1.807, 2.05) is 0 Å². The van der Waals surface area contributed by atoms with Crippen LogP contribution in [0, 0.1) is 11.8 Å². The van der Waals surface area contributed by atoms with E-state index in [1.54, 1.807) is 0 Å². The van der Waals surface area contributed by atoms with Gasteiger partial charge in [0, 0.05) is 12.6 Å². The van der Waals surface area contributed by atoms with Gasteiger partial charge in [-0.1, -0.05) is 12.8 Å². The second-order valence-corrected chi connectivity index (χ2v) is 4.33. The average Bonchev–Trinajstić information content (AvgIpc) is 2.17. The van der Waals surface area contributed by atoms with Crippen LogP contribution in [0.15, 0.2) is 0 Å². The van der Waals surface area contributed by atoms with E-state index >= 15 is 0 Å². The molecule has 3 heteroatoms. The van der Waals surface area contributed by atoms with E-state index < -0.39 is 5.97 Å². The van der Waals surface area contributed by atoms with Gasteiger partial charge >= 0.3 is 5.97 Å². The van der Waals surface area contributed by atoms with E-state index in [2.05, 4.69) is 5.32 Å². The Balaban J connectivity index is 1.95. The summed E-state index contributed by atoms with van der Waals surface area (Å²) in [6.45, 7) is 0.677. The zero-order valence-electron chi connectivity index (χ0n) is 7.83. The van der Waals surface area contributed by atoms with Gasteiger partial charge in [0.1, 0.15) is 0 Å². The Labute approximate surface area is 78.5 Å². The Bertz CT molecular complexity index is 205. The molecule has 74 valence electrons. The van der Waals surface area contributed by atoms with Crippen molar-refractivity contribution in [2.45, 2.75) is 38.1 Å². The summed E-state index contributed by atoms with van der Waals surface area (Å²) in [5.74, 6) is -0.139. The number of hydrogen-bond donors (Lipinski definition) is 2. The first kappa shape index (κ1) is 9.00. The Morgan fingerprint density at radius 1 is 1.31 bits per heavy atom. The average molecular weight is 183 g/mol. The first-order valence-corrected chi connectivity index (χ1v) is 5.23. The summed E-state index contributed by atoms with van der Waals surface area (Å²) in [4.78, 5) is 10.8. The largest absolute Gasteiger partial charge is 0.481 e. The SMILES string of the molecule is O=C(O)[C@@H]1CNC2CCCCC2C1. The topological polar surface area (TPSA) is 49.3 Å². The van der Waals surface area contributed by atoms with Crippen LogP contribution in [0.25, 0.3) is 0 Å². The summed E-state index contributed by atoms with van der Waals surface area (Å²) in [6.07, 6.45) is 5.96. The molecule has 1 aliphatic carbocycles. The molecule has 2 N–H and O–H groups in total. The molecule has 13 heavy (non-hydrogen) atoms. The number of piperidine rings is 1. The monoisotopic (exact) mass is 183 g/mol. The summed E-state index contributed by atoms with van der Waals surface area (Å²) in [5, 5.41) is 12.3. The lowest BCUT2D eigenvalue weighted by Crippen LogP contribution is -2.48. The van der Waals surface area contributed by atoms with Crippen molar-refractivity contribution in [1.29, 1.82) is 0 Å². The highest BCUT2D eigenvalue weighted by molar-refractivity contribution is 5.70. The molecule has 0 amide bonds. The molecule has 0 bridgehead atoms. The zero-order chi connectivity index (χ0) is 9.26. The van der Waals surface area contributed by atoms with E-state index in [4.69, 9.17) is 5.11 Å². The predicted molar refractivity (Wildman–Crippen MR) is 49.5 cm³/mol. The molecule has 3 nitrogen and oxygen atoms in total. The fraction of sp³-hybridized carbons (Fsp3) is 0.900. The van der Waals surface area contributed by atoms with Gasteiger partial charge < -0.3 is 10.4 Å². The molecule has 1 saturated carbocycles. The first-order chi connectivity index (χ1) is 6.27. The maximum atomic E-state index is 10.8. The van der Waals surface area contributed by atoms with Crippen LogP contribution < -0.4 is 5.32 Å². The summed E-state index contributed by atoms with van der Waals surface area (Å²) in [7, 11) is 0. The van der Waals surface area contributed by atoms with Gasteiger partial charge in [-0.2, -0.15) is 0 Å². The number of carbonyl (C=O) groups is 1. The molecule has 2 rings (SSSR count). The van der Waals surface area contributed by atoms with Crippen LogP contribution in [-0.2, 0) is 4.79 Å². The number of aliphatic carboxylic acids is 1. The molecule has 1 aliphatic heterocycles. The molecule has 3 atom stereocenters. The van der Waals surface area contributed by atoms with Crippen LogP contribution in [0.5, 0.6) is 0 Å². The number of rotatable bonds is 1. The van der Waals surface area contributed by atoms with E-state index in [-0.39, 0.29) is 5.92 Å². The van der Waals surface area contributed by atoms with E-state index in [0.717, 1.165) is 6.42 Å². The second-order valence-electron chi connectivity index (χ2n) is 4.33. The zero-order valence-corrected chi connectivity index (χ0v) is 7.83. The fourth-order valence-corrected chi connectivity index (χ4v) is 2.69. The second kappa shape index (κ2) is 3.66. The Morgan fingerprint density at radius 3 is 2.85 bits per heavy atom. The van der Waals surface area contributed by atoms with Crippen LogP contribution in [0.4, 0.5) is 0 Å². The van der Waals surface area contributed by atoms with Gasteiger partial charge in [-0.25, -0.2) is 0 Å².